The van der Waals surface area contributed by atoms with E-state index in [2.05, 4.69) is 5.32 Å². The molecule has 0 saturated heterocycles. The number of nitrogens with zero attached hydrogens (tertiary/aromatic N) is 1. The number of amides is 2. The third kappa shape index (κ3) is 3.27. The minimum Gasteiger partial charge on any atom is -0.330 e. The van der Waals surface area contributed by atoms with Gasteiger partial charge in [0.2, 0.25) is 0 Å². The summed E-state index contributed by atoms with van der Waals surface area (Å²) in [6.07, 6.45) is 0. The van der Waals surface area contributed by atoms with E-state index in [0.717, 1.165) is 16.5 Å². The van der Waals surface area contributed by atoms with Crippen LogP contribution in [-0.4, -0.2) is 31.1 Å². The number of rotatable bonds is 4. The second-order valence-electron chi connectivity index (χ2n) is 5.18. The molecule has 0 spiro atoms. The van der Waals surface area contributed by atoms with E-state index in [1.54, 1.807) is 11.9 Å². The van der Waals surface area contributed by atoms with Crippen LogP contribution in [-0.2, 0) is 0 Å². The predicted molar refractivity (Wildman–Crippen MR) is 83.8 cm³/mol. The van der Waals surface area contributed by atoms with Gasteiger partial charge in [-0.05, 0) is 23.9 Å². The molecule has 0 aromatic heterocycles. The number of carbonyl (C=O) groups excluding carboxylic acids is 1. The molecule has 2 aromatic rings. The molecule has 1 unspecified atom stereocenters. The van der Waals surface area contributed by atoms with E-state index in [-0.39, 0.29) is 6.03 Å². The number of benzene rings is 2. The smallest absolute Gasteiger partial charge is 0.321 e. The minimum absolute atomic E-state index is 0.110. The minimum atomic E-state index is -0.110. The van der Waals surface area contributed by atoms with Crippen molar-refractivity contribution in [2.45, 2.75) is 6.92 Å². The van der Waals surface area contributed by atoms with Crippen LogP contribution in [0.25, 0.3) is 10.8 Å². The Labute approximate surface area is 119 Å². The molecule has 0 saturated carbocycles. The van der Waals surface area contributed by atoms with Crippen molar-refractivity contribution in [2.24, 2.45) is 11.7 Å². The summed E-state index contributed by atoms with van der Waals surface area (Å²) in [6, 6.07) is 13.8. The summed E-state index contributed by atoms with van der Waals surface area (Å²) in [5.41, 5.74) is 6.42. The lowest BCUT2D eigenvalue weighted by atomic mass is 10.1. The molecule has 2 amide bonds. The number of hydrogen-bond acceptors (Lipinski definition) is 2. The van der Waals surface area contributed by atoms with E-state index >= 15 is 0 Å². The largest absolute Gasteiger partial charge is 0.330 e. The van der Waals surface area contributed by atoms with Gasteiger partial charge in [0, 0.05) is 19.0 Å². The maximum Gasteiger partial charge on any atom is 0.321 e. The van der Waals surface area contributed by atoms with Crippen molar-refractivity contribution < 1.29 is 4.79 Å². The standard InChI is InChI=1S/C16H21N3O/c1-12(10-17)11-19(2)16(20)18-15-9-5-7-13-6-3-4-8-14(13)15/h3-9,12H,10-11,17H2,1-2H3,(H,18,20). The molecule has 0 heterocycles. The lowest BCUT2D eigenvalue weighted by molar-refractivity contribution is 0.216. The molecule has 0 aliphatic rings. The van der Waals surface area contributed by atoms with Gasteiger partial charge in [0.25, 0.3) is 0 Å². The van der Waals surface area contributed by atoms with Crippen LogP contribution in [0.3, 0.4) is 0 Å². The molecule has 2 aromatic carbocycles. The van der Waals surface area contributed by atoms with Gasteiger partial charge >= 0.3 is 6.03 Å². The Bertz CT molecular complexity index is 592. The van der Waals surface area contributed by atoms with Gasteiger partial charge in [-0.15, -0.1) is 0 Å². The first-order valence-corrected chi connectivity index (χ1v) is 6.81. The monoisotopic (exact) mass is 271 g/mol. The van der Waals surface area contributed by atoms with Crippen molar-refractivity contribution in [1.82, 2.24) is 4.90 Å². The van der Waals surface area contributed by atoms with Gasteiger partial charge in [0.05, 0.1) is 5.69 Å². The van der Waals surface area contributed by atoms with E-state index in [4.69, 9.17) is 5.73 Å². The second-order valence-corrected chi connectivity index (χ2v) is 5.18. The number of nitrogens with two attached hydrogens (primary N) is 1. The third-order valence-corrected chi connectivity index (χ3v) is 3.37. The fourth-order valence-corrected chi connectivity index (χ4v) is 2.17. The number of urea groups is 1. The highest BCUT2D eigenvalue weighted by Gasteiger charge is 2.12. The van der Waals surface area contributed by atoms with Gasteiger partial charge < -0.3 is 16.0 Å². The fourth-order valence-electron chi connectivity index (χ4n) is 2.17. The molecule has 0 aliphatic heterocycles. The number of hydrogen-bond donors (Lipinski definition) is 2. The summed E-state index contributed by atoms with van der Waals surface area (Å²) in [5.74, 6) is 0.290. The highest BCUT2D eigenvalue weighted by Crippen LogP contribution is 2.23. The Morgan fingerprint density at radius 2 is 1.95 bits per heavy atom. The molecule has 0 aliphatic carbocycles. The number of fused-ring (bicyclic) bond motifs is 1. The summed E-state index contributed by atoms with van der Waals surface area (Å²) >= 11 is 0. The molecule has 4 nitrogen and oxygen atoms in total. The Morgan fingerprint density at radius 1 is 1.25 bits per heavy atom. The average Bonchev–Trinajstić information content (AvgIpc) is 2.47. The molecule has 0 fully saturated rings. The number of anilines is 1. The van der Waals surface area contributed by atoms with Crippen molar-refractivity contribution in [3.05, 3.63) is 42.5 Å². The molecule has 1 atom stereocenters. The van der Waals surface area contributed by atoms with E-state index < -0.39 is 0 Å². The van der Waals surface area contributed by atoms with Crippen molar-refractivity contribution in [2.75, 3.05) is 25.5 Å². The van der Waals surface area contributed by atoms with Gasteiger partial charge in [0.15, 0.2) is 0 Å². The maximum absolute atomic E-state index is 12.2. The molecule has 2 rings (SSSR count). The first-order chi connectivity index (χ1) is 9.61. The molecular formula is C16H21N3O. The Balaban J connectivity index is 2.14. The summed E-state index contributed by atoms with van der Waals surface area (Å²) < 4.78 is 0. The number of carbonyl (C=O) groups is 1. The molecule has 0 radical (unpaired) electrons. The zero-order valence-corrected chi connectivity index (χ0v) is 12.0. The van der Waals surface area contributed by atoms with Crippen molar-refractivity contribution >= 4 is 22.5 Å². The highest BCUT2D eigenvalue weighted by atomic mass is 16.2. The Hall–Kier alpha value is -2.07. The first kappa shape index (κ1) is 14.3. The summed E-state index contributed by atoms with van der Waals surface area (Å²) in [4.78, 5) is 13.8. The van der Waals surface area contributed by atoms with Gasteiger partial charge in [-0.1, -0.05) is 43.3 Å². The molecule has 20 heavy (non-hydrogen) atoms. The molecular weight excluding hydrogens is 250 g/mol. The van der Waals surface area contributed by atoms with E-state index in [9.17, 15) is 4.79 Å². The van der Waals surface area contributed by atoms with Crippen LogP contribution >= 0.6 is 0 Å². The summed E-state index contributed by atoms with van der Waals surface area (Å²) in [6.45, 7) is 3.25. The zero-order valence-electron chi connectivity index (χ0n) is 12.0. The van der Waals surface area contributed by atoms with Crippen LogP contribution in [0.15, 0.2) is 42.5 Å². The van der Waals surface area contributed by atoms with Gasteiger partial charge in [0.1, 0.15) is 0 Å². The lowest BCUT2D eigenvalue weighted by Crippen LogP contribution is -2.36. The zero-order chi connectivity index (χ0) is 14.5. The molecule has 106 valence electrons. The van der Waals surface area contributed by atoms with Crippen molar-refractivity contribution in [3.8, 4) is 0 Å². The SMILES string of the molecule is CC(CN)CN(C)C(=O)Nc1cccc2ccccc12. The summed E-state index contributed by atoms with van der Waals surface area (Å²) in [7, 11) is 1.78. The topological polar surface area (TPSA) is 58.4 Å². The van der Waals surface area contributed by atoms with Crippen LogP contribution in [0.5, 0.6) is 0 Å². The van der Waals surface area contributed by atoms with Gasteiger partial charge in [-0.3, -0.25) is 0 Å². The second kappa shape index (κ2) is 6.39. The normalized spacial score (nSPS) is 12.2. The Kier molecular flexibility index (Phi) is 4.58. The maximum atomic E-state index is 12.2. The molecule has 4 heteroatoms. The predicted octanol–water partition coefficient (Wildman–Crippen LogP) is 2.90. The highest BCUT2D eigenvalue weighted by molar-refractivity contribution is 6.01. The third-order valence-electron chi connectivity index (χ3n) is 3.37. The van der Waals surface area contributed by atoms with E-state index in [1.165, 1.54) is 0 Å². The summed E-state index contributed by atoms with van der Waals surface area (Å²) in [5, 5.41) is 5.12. The molecule has 0 bridgehead atoms. The van der Waals surface area contributed by atoms with Crippen molar-refractivity contribution in [3.63, 3.8) is 0 Å². The van der Waals surface area contributed by atoms with E-state index in [0.29, 0.717) is 19.0 Å². The lowest BCUT2D eigenvalue weighted by Gasteiger charge is -2.21. The van der Waals surface area contributed by atoms with Gasteiger partial charge in [-0.25, -0.2) is 4.79 Å². The Morgan fingerprint density at radius 3 is 2.70 bits per heavy atom. The average molecular weight is 271 g/mol. The van der Waals surface area contributed by atoms with Crippen LogP contribution in [0.4, 0.5) is 10.5 Å². The number of nitrogens with one attached hydrogen (secondary N) is 1. The first-order valence-electron chi connectivity index (χ1n) is 6.81. The van der Waals surface area contributed by atoms with Crippen molar-refractivity contribution in [1.29, 1.82) is 0 Å². The van der Waals surface area contributed by atoms with Crippen LogP contribution < -0.4 is 11.1 Å². The van der Waals surface area contributed by atoms with Crippen LogP contribution in [0, 0.1) is 5.92 Å². The van der Waals surface area contributed by atoms with E-state index in [1.807, 2.05) is 49.4 Å². The van der Waals surface area contributed by atoms with Crippen LogP contribution in [0.1, 0.15) is 6.92 Å². The molecule has 3 N–H and O–H groups in total. The quantitative estimate of drug-likeness (QED) is 0.898. The van der Waals surface area contributed by atoms with Gasteiger partial charge in [-0.2, -0.15) is 0 Å². The van der Waals surface area contributed by atoms with Crippen LogP contribution in [0.2, 0.25) is 0 Å². The fraction of sp³-hybridized carbons (Fsp3) is 0.312.